The first kappa shape index (κ1) is 19.8. The van der Waals surface area contributed by atoms with Gasteiger partial charge in [-0.15, -0.1) is 11.3 Å². The lowest BCUT2D eigenvalue weighted by Crippen LogP contribution is -2.38. The SMILES string of the molecule is Cc1nc(SCC(=O)N2C[C@@]3(C)C[C@@H]2CC(C)(C)C3)c2c3c(sc2n1)CCCC3. The minimum atomic E-state index is 0.287. The van der Waals surface area contributed by atoms with E-state index in [1.807, 2.05) is 18.3 Å². The number of aryl methyl sites for hydroxylation is 3. The molecule has 0 N–H and O–H groups in total. The number of aromatic nitrogens is 2. The van der Waals surface area contributed by atoms with Crippen LogP contribution in [0.2, 0.25) is 0 Å². The molecule has 1 saturated heterocycles. The van der Waals surface area contributed by atoms with Crippen molar-refractivity contribution in [3.63, 3.8) is 0 Å². The molecule has 0 spiro atoms. The van der Waals surface area contributed by atoms with Crippen LogP contribution >= 0.6 is 23.1 Å². The van der Waals surface area contributed by atoms with Gasteiger partial charge in [0.2, 0.25) is 5.91 Å². The minimum absolute atomic E-state index is 0.287. The molecule has 0 aromatic carbocycles. The number of likely N-dealkylation sites (tertiary alicyclic amines) is 1. The number of amides is 1. The Morgan fingerprint density at radius 3 is 2.83 bits per heavy atom. The normalized spacial score (nSPS) is 28.0. The van der Waals surface area contributed by atoms with Gasteiger partial charge in [0.15, 0.2) is 0 Å². The highest BCUT2D eigenvalue weighted by Crippen LogP contribution is 2.52. The van der Waals surface area contributed by atoms with Crippen molar-refractivity contribution >= 4 is 39.2 Å². The zero-order chi connectivity index (χ0) is 20.4. The number of carbonyl (C=O) groups is 1. The van der Waals surface area contributed by atoms with Crippen LogP contribution in [-0.4, -0.2) is 39.1 Å². The molecular weight excluding hydrogens is 398 g/mol. The summed E-state index contributed by atoms with van der Waals surface area (Å²) >= 11 is 3.47. The van der Waals surface area contributed by atoms with Gasteiger partial charge in [0, 0.05) is 22.8 Å². The number of nitrogens with zero attached hydrogens (tertiary/aromatic N) is 3. The monoisotopic (exact) mass is 429 g/mol. The Morgan fingerprint density at radius 2 is 2.00 bits per heavy atom. The minimum Gasteiger partial charge on any atom is -0.338 e. The van der Waals surface area contributed by atoms with Crippen molar-refractivity contribution in [2.75, 3.05) is 12.3 Å². The highest BCUT2D eigenvalue weighted by atomic mass is 32.2. The molecule has 3 heterocycles. The first-order valence-electron chi connectivity index (χ1n) is 10.9. The van der Waals surface area contributed by atoms with Crippen LogP contribution in [0, 0.1) is 17.8 Å². The molecule has 2 atom stereocenters. The Morgan fingerprint density at radius 1 is 1.21 bits per heavy atom. The standard InChI is InChI=1S/C23H31N3OS2/c1-14-24-20(19-16-7-5-6-8-17(16)29-21(19)25-14)28-11-18(27)26-13-23(4)10-15(26)9-22(2,3)12-23/h15H,5-13H2,1-4H3/t15-,23-/m0/s1. The van der Waals surface area contributed by atoms with Crippen molar-refractivity contribution in [3.05, 3.63) is 16.3 Å². The number of thiophene rings is 1. The van der Waals surface area contributed by atoms with Gasteiger partial charge in [-0.1, -0.05) is 32.5 Å². The predicted molar refractivity (Wildman–Crippen MR) is 121 cm³/mol. The van der Waals surface area contributed by atoms with E-state index in [0.29, 0.717) is 17.2 Å². The largest absolute Gasteiger partial charge is 0.338 e. The van der Waals surface area contributed by atoms with Gasteiger partial charge in [0.25, 0.3) is 0 Å². The zero-order valence-corrected chi connectivity index (χ0v) is 19.6. The Hall–Kier alpha value is -1.14. The van der Waals surface area contributed by atoms with Crippen LogP contribution in [0.1, 0.15) is 69.1 Å². The van der Waals surface area contributed by atoms with Crippen LogP contribution in [0.5, 0.6) is 0 Å². The van der Waals surface area contributed by atoms with Crippen molar-refractivity contribution in [1.82, 2.24) is 14.9 Å². The Kier molecular flexibility index (Phi) is 4.74. The van der Waals surface area contributed by atoms with E-state index in [4.69, 9.17) is 9.97 Å². The molecule has 2 aromatic rings. The van der Waals surface area contributed by atoms with Crippen LogP contribution in [0.3, 0.4) is 0 Å². The van der Waals surface area contributed by atoms with Gasteiger partial charge in [-0.05, 0) is 68.3 Å². The third kappa shape index (κ3) is 3.60. The fourth-order valence-corrected chi connectivity index (χ4v) is 8.65. The van der Waals surface area contributed by atoms with Crippen LogP contribution in [0.4, 0.5) is 0 Å². The first-order chi connectivity index (χ1) is 13.7. The molecular formula is C23H31N3OS2. The summed E-state index contributed by atoms with van der Waals surface area (Å²) in [7, 11) is 0. The van der Waals surface area contributed by atoms with E-state index in [9.17, 15) is 4.79 Å². The molecule has 1 amide bonds. The number of thioether (sulfide) groups is 1. The number of hydrogen-bond donors (Lipinski definition) is 0. The summed E-state index contributed by atoms with van der Waals surface area (Å²) < 4.78 is 0. The molecule has 0 radical (unpaired) electrons. The maximum atomic E-state index is 13.2. The van der Waals surface area contributed by atoms with Gasteiger partial charge < -0.3 is 4.90 Å². The number of carbonyl (C=O) groups excluding carboxylic acids is 1. The van der Waals surface area contributed by atoms with Gasteiger partial charge in [0.05, 0.1) is 5.75 Å². The molecule has 3 aliphatic rings. The van der Waals surface area contributed by atoms with Gasteiger partial charge in [-0.25, -0.2) is 9.97 Å². The van der Waals surface area contributed by atoms with Crippen molar-refractivity contribution in [1.29, 1.82) is 0 Å². The second-order valence-electron chi connectivity index (χ2n) is 10.5. The highest BCUT2D eigenvalue weighted by molar-refractivity contribution is 8.00. The van der Waals surface area contributed by atoms with Crippen LogP contribution in [0.15, 0.2) is 5.03 Å². The van der Waals surface area contributed by atoms with Crippen LogP contribution in [-0.2, 0) is 17.6 Å². The van der Waals surface area contributed by atoms with Gasteiger partial charge in [-0.3, -0.25) is 4.79 Å². The summed E-state index contributed by atoms with van der Waals surface area (Å²) in [6, 6.07) is 0.415. The molecule has 29 heavy (non-hydrogen) atoms. The molecule has 156 valence electrons. The molecule has 5 rings (SSSR count). The summed E-state index contributed by atoms with van der Waals surface area (Å²) in [6.07, 6.45) is 8.35. The lowest BCUT2D eigenvalue weighted by molar-refractivity contribution is -0.129. The van der Waals surface area contributed by atoms with Gasteiger partial charge >= 0.3 is 0 Å². The molecule has 2 aromatic heterocycles. The number of hydrogen-bond acceptors (Lipinski definition) is 5. The molecule has 6 heteroatoms. The number of fused-ring (bicyclic) bond motifs is 5. The molecule has 2 bridgehead atoms. The second-order valence-corrected chi connectivity index (χ2v) is 12.5. The smallest absolute Gasteiger partial charge is 0.233 e. The van der Waals surface area contributed by atoms with E-state index in [1.165, 1.54) is 47.9 Å². The fourth-order valence-electron chi connectivity index (χ4n) is 6.29. The summed E-state index contributed by atoms with van der Waals surface area (Å²) in [5.74, 6) is 1.59. The molecule has 2 fully saturated rings. The lowest BCUT2D eigenvalue weighted by Gasteiger charge is -2.39. The topological polar surface area (TPSA) is 46.1 Å². The molecule has 4 nitrogen and oxygen atoms in total. The summed E-state index contributed by atoms with van der Waals surface area (Å²) in [5, 5.41) is 2.26. The maximum absolute atomic E-state index is 13.2. The Labute approximate surface area is 181 Å². The average molecular weight is 430 g/mol. The van der Waals surface area contributed by atoms with Gasteiger partial charge in [-0.2, -0.15) is 0 Å². The molecule has 1 aliphatic heterocycles. The average Bonchev–Trinajstić information content (AvgIpc) is 3.12. The van der Waals surface area contributed by atoms with Crippen molar-refractivity contribution in [2.24, 2.45) is 10.8 Å². The number of rotatable bonds is 3. The quantitative estimate of drug-likeness (QED) is 0.484. The third-order valence-electron chi connectivity index (χ3n) is 6.96. The predicted octanol–water partition coefficient (Wildman–Crippen LogP) is 5.40. The summed E-state index contributed by atoms with van der Waals surface area (Å²) in [5.41, 5.74) is 2.08. The van der Waals surface area contributed by atoms with Crippen LogP contribution in [0.25, 0.3) is 10.2 Å². The van der Waals surface area contributed by atoms with Crippen molar-refractivity contribution in [3.8, 4) is 0 Å². The van der Waals surface area contributed by atoms with Crippen molar-refractivity contribution < 1.29 is 4.79 Å². The van der Waals surface area contributed by atoms with Crippen LogP contribution < -0.4 is 0 Å². The Balaban J connectivity index is 1.37. The third-order valence-corrected chi connectivity index (χ3v) is 9.11. The summed E-state index contributed by atoms with van der Waals surface area (Å²) in [4.78, 5) is 27.5. The van der Waals surface area contributed by atoms with E-state index in [2.05, 4.69) is 25.7 Å². The maximum Gasteiger partial charge on any atom is 0.233 e. The van der Waals surface area contributed by atoms with E-state index in [0.717, 1.165) is 35.1 Å². The van der Waals surface area contributed by atoms with E-state index < -0.39 is 0 Å². The lowest BCUT2D eigenvalue weighted by atomic mass is 9.65. The fraction of sp³-hybridized carbons (Fsp3) is 0.696. The highest BCUT2D eigenvalue weighted by Gasteiger charge is 2.50. The van der Waals surface area contributed by atoms with E-state index >= 15 is 0 Å². The molecule has 1 saturated carbocycles. The first-order valence-corrected chi connectivity index (χ1v) is 12.7. The summed E-state index contributed by atoms with van der Waals surface area (Å²) in [6.45, 7) is 9.99. The Bertz CT molecular complexity index is 982. The zero-order valence-electron chi connectivity index (χ0n) is 18.0. The van der Waals surface area contributed by atoms with Gasteiger partial charge in [0.1, 0.15) is 15.7 Å². The van der Waals surface area contributed by atoms with E-state index in [1.54, 1.807) is 11.8 Å². The second kappa shape index (κ2) is 6.94. The van der Waals surface area contributed by atoms with E-state index in [-0.39, 0.29) is 11.3 Å². The molecule has 2 aliphatic carbocycles. The van der Waals surface area contributed by atoms with Crippen molar-refractivity contribution in [2.45, 2.75) is 83.7 Å². The molecule has 0 unspecified atom stereocenters.